The first-order chi connectivity index (χ1) is 11.2. The van der Waals surface area contributed by atoms with Crippen molar-refractivity contribution in [2.75, 3.05) is 25.0 Å². The number of carbonyl (C=O) groups excluding carboxylic acids is 1. The third kappa shape index (κ3) is 4.47. The standard InChI is InChI=1S/C17H19ClN4O/c1-3-9-21(10-4-2)17(23)13-19-14-6-7-16(15(18)12-14)22-11-5-8-20-22/h3-8,11-12,19H,1-2,9-10,13H2. The van der Waals surface area contributed by atoms with Gasteiger partial charge in [-0.3, -0.25) is 4.79 Å². The zero-order valence-electron chi connectivity index (χ0n) is 12.8. The minimum atomic E-state index is -0.0305. The fourth-order valence-electron chi connectivity index (χ4n) is 2.09. The summed E-state index contributed by atoms with van der Waals surface area (Å²) in [6.07, 6.45) is 6.89. The van der Waals surface area contributed by atoms with Gasteiger partial charge in [0, 0.05) is 31.2 Å². The Labute approximate surface area is 140 Å². The Bertz CT molecular complexity index is 672. The normalized spacial score (nSPS) is 10.1. The lowest BCUT2D eigenvalue weighted by Gasteiger charge is -2.20. The van der Waals surface area contributed by atoms with Gasteiger partial charge in [0.25, 0.3) is 0 Å². The molecule has 0 spiro atoms. The molecule has 0 aliphatic rings. The second-order valence-electron chi connectivity index (χ2n) is 4.85. The van der Waals surface area contributed by atoms with Crippen molar-refractivity contribution in [1.82, 2.24) is 14.7 Å². The second-order valence-corrected chi connectivity index (χ2v) is 5.25. The average molecular weight is 331 g/mol. The first-order valence-corrected chi connectivity index (χ1v) is 7.56. The van der Waals surface area contributed by atoms with Gasteiger partial charge in [0.1, 0.15) is 0 Å². The Kier molecular flexibility index (Phi) is 6.00. The van der Waals surface area contributed by atoms with Crippen LogP contribution in [0.15, 0.2) is 62.0 Å². The minimum Gasteiger partial charge on any atom is -0.376 e. The quantitative estimate of drug-likeness (QED) is 0.756. The van der Waals surface area contributed by atoms with Crippen molar-refractivity contribution in [3.05, 3.63) is 67.0 Å². The summed E-state index contributed by atoms with van der Waals surface area (Å²) in [5.74, 6) is -0.0305. The highest BCUT2D eigenvalue weighted by atomic mass is 35.5. The van der Waals surface area contributed by atoms with E-state index in [1.165, 1.54) is 0 Å². The van der Waals surface area contributed by atoms with Gasteiger partial charge in [-0.1, -0.05) is 23.8 Å². The van der Waals surface area contributed by atoms with Gasteiger partial charge in [0.15, 0.2) is 0 Å². The Morgan fingerprint density at radius 1 is 1.35 bits per heavy atom. The number of rotatable bonds is 8. The van der Waals surface area contributed by atoms with Crippen molar-refractivity contribution in [2.24, 2.45) is 0 Å². The summed E-state index contributed by atoms with van der Waals surface area (Å²) in [7, 11) is 0. The van der Waals surface area contributed by atoms with Crippen molar-refractivity contribution >= 4 is 23.2 Å². The van der Waals surface area contributed by atoms with Crippen LogP contribution in [-0.4, -0.2) is 40.2 Å². The molecule has 2 rings (SSSR count). The molecule has 23 heavy (non-hydrogen) atoms. The monoisotopic (exact) mass is 330 g/mol. The second kappa shape index (κ2) is 8.19. The maximum absolute atomic E-state index is 12.2. The summed E-state index contributed by atoms with van der Waals surface area (Å²) in [6.45, 7) is 8.47. The lowest BCUT2D eigenvalue weighted by molar-refractivity contribution is -0.128. The first kappa shape index (κ1) is 16.8. The molecule has 2 aromatic rings. The van der Waals surface area contributed by atoms with Crippen molar-refractivity contribution in [3.63, 3.8) is 0 Å². The van der Waals surface area contributed by atoms with Crippen LogP contribution in [0.1, 0.15) is 0 Å². The van der Waals surface area contributed by atoms with E-state index in [0.717, 1.165) is 11.4 Å². The number of hydrogen-bond acceptors (Lipinski definition) is 3. The van der Waals surface area contributed by atoms with E-state index in [0.29, 0.717) is 18.1 Å². The molecular formula is C17H19ClN4O. The minimum absolute atomic E-state index is 0.0305. The predicted molar refractivity (Wildman–Crippen MR) is 94.0 cm³/mol. The van der Waals surface area contributed by atoms with Gasteiger partial charge in [-0.25, -0.2) is 4.68 Å². The smallest absolute Gasteiger partial charge is 0.242 e. The molecule has 0 bridgehead atoms. The van der Waals surface area contributed by atoms with Crippen LogP contribution >= 0.6 is 11.6 Å². The van der Waals surface area contributed by atoms with Gasteiger partial charge in [0.05, 0.1) is 17.3 Å². The van der Waals surface area contributed by atoms with Crippen LogP contribution in [0.25, 0.3) is 5.69 Å². The summed E-state index contributed by atoms with van der Waals surface area (Å²) < 4.78 is 1.69. The van der Waals surface area contributed by atoms with Gasteiger partial charge >= 0.3 is 0 Å². The Hall–Kier alpha value is -2.53. The molecule has 1 N–H and O–H groups in total. The maximum Gasteiger partial charge on any atom is 0.242 e. The molecule has 0 fully saturated rings. The lowest BCUT2D eigenvalue weighted by Crippen LogP contribution is -2.35. The van der Waals surface area contributed by atoms with Gasteiger partial charge in [-0.15, -0.1) is 13.2 Å². The molecule has 0 atom stereocenters. The third-order valence-corrected chi connectivity index (χ3v) is 3.50. The van der Waals surface area contributed by atoms with Crippen LogP contribution in [0.3, 0.4) is 0 Å². The van der Waals surface area contributed by atoms with E-state index in [1.54, 1.807) is 34.0 Å². The molecule has 1 heterocycles. The highest BCUT2D eigenvalue weighted by molar-refractivity contribution is 6.32. The van der Waals surface area contributed by atoms with Crippen LogP contribution in [-0.2, 0) is 4.79 Å². The van der Waals surface area contributed by atoms with E-state index in [2.05, 4.69) is 23.6 Å². The lowest BCUT2D eigenvalue weighted by atomic mass is 10.2. The predicted octanol–water partition coefficient (Wildman–Crippen LogP) is 3.14. The molecule has 0 radical (unpaired) electrons. The van der Waals surface area contributed by atoms with Crippen molar-refractivity contribution in [1.29, 1.82) is 0 Å². The summed E-state index contributed by atoms with van der Waals surface area (Å²) in [5, 5.41) is 7.78. The molecule has 5 nitrogen and oxygen atoms in total. The SMILES string of the molecule is C=CCN(CC=C)C(=O)CNc1ccc(-n2cccn2)c(Cl)c1. The van der Waals surface area contributed by atoms with Crippen LogP contribution in [0.4, 0.5) is 5.69 Å². The molecule has 0 aliphatic heterocycles. The molecule has 120 valence electrons. The van der Waals surface area contributed by atoms with Gasteiger partial charge < -0.3 is 10.2 Å². The Balaban J connectivity index is 2.00. The van der Waals surface area contributed by atoms with Crippen LogP contribution < -0.4 is 5.32 Å². The highest BCUT2D eigenvalue weighted by Crippen LogP contribution is 2.23. The molecule has 1 amide bonds. The Morgan fingerprint density at radius 3 is 2.65 bits per heavy atom. The van der Waals surface area contributed by atoms with E-state index in [9.17, 15) is 4.79 Å². The molecule has 0 aliphatic carbocycles. The van der Waals surface area contributed by atoms with Crippen molar-refractivity contribution < 1.29 is 4.79 Å². The molecule has 6 heteroatoms. The zero-order chi connectivity index (χ0) is 16.7. The van der Waals surface area contributed by atoms with Crippen molar-refractivity contribution in [3.8, 4) is 5.69 Å². The summed E-state index contributed by atoms with van der Waals surface area (Å²) >= 11 is 6.28. The van der Waals surface area contributed by atoms with Gasteiger partial charge in [-0.05, 0) is 24.3 Å². The molecule has 0 saturated carbocycles. The van der Waals surface area contributed by atoms with Gasteiger partial charge in [0.2, 0.25) is 5.91 Å². The van der Waals surface area contributed by atoms with Crippen molar-refractivity contribution in [2.45, 2.75) is 0 Å². The fraction of sp³-hybridized carbons (Fsp3) is 0.176. The van der Waals surface area contributed by atoms with Crippen LogP contribution in [0.5, 0.6) is 0 Å². The molecule has 0 saturated heterocycles. The number of anilines is 1. The topological polar surface area (TPSA) is 50.2 Å². The largest absolute Gasteiger partial charge is 0.376 e. The number of hydrogen-bond donors (Lipinski definition) is 1. The third-order valence-electron chi connectivity index (χ3n) is 3.19. The maximum atomic E-state index is 12.2. The number of nitrogens with one attached hydrogen (secondary N) is 1. The highest BCUT2D eigenvalue weighted by Gasteiger charge is 2.11. The molecular weight excluding hydrogens is 312 g/mol. The van der Waals surface area contributed by atoms with E-state index < -0.39 is 0 Å². The van der Waals surface area contributed by atoms with Gasteiger partial charge in [-0.2, -0.15) is 5.10 Å². The fourth-order valence-corrected chi connectivity index (χ4v) is 2.36. The number of benzene rings is 1. The number of amides is 1. The number of halogens is 1. The summed E-state index contributed by atoms with van der Waals surface area (Å²) in [5.41, 5.74) is 1.56. The number of nitrogens with zero attached hydrogens (tertiary/aromatic N) is 3. The summed E-state index contributed by atoms with van der Waals surface area (Å²) in [6, 6.07) is 7.32. The van der Waals surface area contributed by atoms with E-state index in [4.69, 9.17) is 11.6 Å². The first-order valence-electron chi connectivity index (χ1n) is 7.18. The number of carbonyl (C=O) groups is 1. The summed E-state index contributed by atoms with van der Waals surface area (Å²) in [4.78, 5) is 13.8. The molecule has 1 aromatic carbocycles. The molecule has 1 aromatic heterocycles. The molecule has 0 unspecified atom stereocenters. The zero-order valence-corrected chi connectivity index (χ0v) is 13.5. The Morgan fingerprint density at radius 2 is 2.09 bits per heavy atom. The average Bonchev–Trinajstić information content (AvgIpc) is 3.06. The number of aromatic nitrogens is 2. The van der Waals surface area contributed by atoms with Crippen LogP contribution in [0.2, 0.25) is 5.02 Å². The van der Waals surface area contributed by atoms with E-state index in [-0.39, 0.29) is 12.5 Å². The van der Waals surface area contributed by atoms with E-state index in [1.807, 2.05) is 24.4 Å². The van der Waals surface area contributed by atoms with E-state index >= 15 is 0 Å². The van der Waals surface area contributed by atoms with Crippen LogP contribution in [0, 0.1) is 0 Å².